The maximum atomic E-state index is 13.6. The molecule has 1 aliphatic rings. The quantitative estimate of drug-likeness (QED) is 0.807. The lowest BCUT2D eigenvalue weighted by Gasteiger charge is -2.31. The third kappa shape index (κ3) is 1.69. The van der Waals surface area contributed by atoms with Crippen LogP contribution in [-0.2, 0) is 0 Å². The van der Waals surface area contributed by atoms with E-state index in [1.165, 1.54) is 6.07 Å². The van der Waals surface area contributed by atoms with Gasteiger partial charge in [0.15, 0.2) is 11.6 Å². The Morgan fingerprint density at radius 3 is 2.47 bits per heavy atom. The molecule has 1 saturated heterocycles. The number of nitrogens with one attached hydrogen (secondary N) is 1. The zero-order chi connectivity index (χ0) is 11.0. The van der Waals surface area contributed by atoms with Gasteiger partial charge in [-0.1, -0.05) is 6.07 Å². The Morgan fingerprint density at radius 2 is 2.00 bits per heavy atom. The number of rotatable bonds is 2. The second kappa shape index (κ2) is 3.77. The summed E-state index contributed by atoms with van der Waals surface area (Å²) in [6.07, 6.45) is 0.978. The average molecular weight is 212 g/mol. The summed E-state index contributed by atoms with van der Waals surface area (Å²) in [5.74, 6) is -1.55. The van der Waals surface area contributed by atoms with Crippen molar-refractivity contribution in [3.63, 3.8) is 0 Å². The van der Waals surface area contributed by atoms with Crippen molar-refractivity contribution >= 4 is 5.69 Å². The Labute approximate surface area is 87.9 Å². The smallest absolute Gasteiger partial charge is 0.182 e. The first kappa shape index (κ1) is 10.4. The van der Waals surface area contributed by atoms with Crippen LogP contribution in [0.3, 0.4) is 0 Å². The van der Waals surface area contributed by atoms with Gasteiger partial charge < -0.3 is 10.2 Å². The van der Waals surface area contributed by atoms with Crippen molar-refractivity contribution in [1.82, 2.24) is 5.32 Å². The molecule has 1 aliphatic heterocycles. The zero-order valence-corrected chi connectivity index (χ0v) is 8.85. The minimum Gasteiger partial charge on any atom is -0.375 e. The van der Waals surface area contributed by atoms with Crippen molar-refractivity contribution in [2.75, 3.05) is 25.5 Å². The Bertz CT molecular complexity index is 373. The van der Waals surface area contributed by atoms with Gasteiger partial charge in [0, 0.05) is 20.1 Å². The first-order valence-corrected chi connectivity index (χ1v) is 5.00. The van der Waals surface area contributed by atoms with Crippen LogP contribution in [0.2, 0.25) is 0 Å². The maximum Gasteiger partial charge on any atom is 0.182 e. The molecule has 1 aromatic rings. The summed E-state index contributed by atoms with van der Waals surface area (Å²) in [6, 6.07) is 3.01. The van der Waals surface area contributed by atoms with Crippen LogP contribution in [0.15, 0.2) is 12.1 Å². The van der Waals surface area contributed by atoms with Crippen molar-refractivity contribution in [3.8, 4) is 0 Å². The molecule has 2 nitrogen and oxygen atoms in total. The van der Waals surface area contributed by atoms with E-state index in [4.69, 9.17) is 0 Å². The highest BCUT2D eigenvalue weighted by Crippen LogP contribution is 2.33. The molecule has 0 bridgehead atoms. The number of hydrogen-bond acceptors (Lipinski definition) is 2. The van der Waals surface area contributed by atoms with Gasteiger partial charge in [0.25, 0.3) is 0 Å². The Kier molecular flexibility index (Phi) is 2.61. The molecular formula is C11H14F2N2. The fourth-order valence-electron chi connectivity index (χ4n) is 1.84. The van der Waals surface area contributed by atoms with Gasteiger partial charge in [0.05, 0.1) is 5.69 Å². The highest BCUT2D eigenvalue weighted by molar-refractivity contribution is 5.56. The molecule has 0 saturated carbocycles. The molecule has 2 rings (SSSR count). The Hall–Kier alpha value is -1.16. The molecule has 0 radical (unpaired) electrons. The third-order valence-corrected chi connectivity index (χ3v) is 2.75. The van der Waals surface area contributed by atoms with E-state index in [0.717, 1.165) is 18.5 Å². The summed E-state index contributed by atoms with van der Waals surface area (Å²) < 4.78 is 26.7. The molecule has 1 unspecified atom stereocenters. The summed E-state index contributed by atoms with van der Waals surface area (Å²) in [5, 5.41) is 3.19. The Balaban J connectivity index is 2.48. The van der Waals surface area contributed by atoms with Gasteiger partial charge in [-0.25, -0.2) is 8.78 Å². The van der Waals surface area contributed by atoms with E-state index in [0.29, 0.717) is 5.69 Å². The van der Waals surface area contributed by atoms with Crippen LogP contribution >= 0.6 is 0 Å². The molecule has 0 aliphatic carbocycles. The number of halogens is 2. The minimum absolute atomic E-state index is 0.164. The van der Waals surface area contributed by atoms with Crippen molar-refractivity contribution < 1.29 is 8.78 Å². The normalized spacial score (nSPS) is 19.9. The zero-order valence-electron chi connectivity index (χ0n) is 8.85. The number of benzene rings is 1. The van der Waals surface area contributed by atoms with Crippen molar-refractivity contribution in [3.05, 3.63) is 29.3 Å². The van der Waals surface area contributed by atoms with Gasteiger partial charge in [-0.15, -0.1) is 0 Å². The maximum absolute atomic E-state index is 13.6. The highest BCUT2D eigenvalue weighted by atomic mass is 19.2. The minimum atomic E-state index is -0.790. The molecule has 4 heteroatoms. The summed E-state index contributed by atoms with van der Waals surface area (Å²) in [6.45, 7) is 0.941. The summed E-state index contributed by atoms with van der Waals surface area (Å²) >= 11 is 0. The van der Waals surface area contributed by atoms with Crippen LogP contribution < -0.4 is 10.2 Å². The van der Waals surface area contributed by atoms with Crippen LogP contribution in [0.1, 0.15) is 18.0 Å². The van der Waals surface area contributed by atoms with E-state index in [1.54, 1.807) is 25.1 Å². The number of anilines is 1. The second-order valence-corrected chi connectivity index (χ2v) is 3.99. The summed E-state index contributed by atoms with van der Waals surface area (Å²) in [4.78, 5) is 1.62. The van der Waals surface area contributed by atoms with Gasteiger partial charge in [-0.3, -0.25) is 0 Å². The van der Waals surface area contributed by atoms with Crippen molar-refractivity contribution in [2.24, 2.45) is 0 Å². The molecule has 1 fully saturated rings. The van der Waals surface area contributed by atoms with Gasteiger partial charge in [0.2, 0.25) is 0 Å². The van der Waals surface area contributed by atoms with E-state index >= 15 is 0 Å². The lowest BCUT2D eigenvalue weighted by Crippen LogP contribution is -2.36. The van der Waals surface area contributed by atoms with E-state index in [1.807, 2.05) is 0 Å². The standard InChI is InChI=1S/C11H14F2N2/c1-15(2)11-7(9-5-6-14-9)3-4-8(12)10(11)13/h3-4,9,14H,5-6H2,1-2H3. The van der Waals surface area contributed by atoms with Gasteiger partial charge >= 0.3 is 0 Å². The monoisotopic (exact) mass is 212 g/mol. The molecule has 1 atom stereocenters. The molecule has 1 heterocycles. The predicted octanol–water partition coefficient (Wildman–Crippen LogP) is 2.07. The molecular weight excluding hydrogens is 198 g/mol. The lowest BCUT2D eigenvalue weighted by atomic mass is 9.95. The highest BCUT2D eigenvalue weighted by Gasteiger charge is 2.25. The molecule has 15 heavy (non-hydrogen) atoms. The molecule has 0 aromatic heterocycles. The van der Waals surface area contributed by atoms with E-state index < -0.39 is 11.6 Å². The predicted molar refractivity (Wildman–Crippen MR) is 56.0 cm³/mol. The van der Waals surface area contributed by atoms with Crippen LogP contribution in [-0.4, -0.2) is 20.6 Å². The van der Waals surface area contributed by atoms with Crippen molar-refractivity contribution in [2.45, 2.75) is 12.5 Å². The fraction of sp³-hybridized carbons (Fsp3) is 0.455. The fourth-order valence-corrected chi connectivity index (χ4v) is 1.84. The molecule has 1 N–H and O–H groups in total. The van der Waals surface area contributed by atoms with Gasteiger partial charge in [-0.05, 0) is 24.6 Å². The van der Waals surface area contributed by atoms with Gasteiger partial charge in [-0.2, -0.15) is 0 Å². The Morgan fingerprint density at radius 1 is 1.33 bits per heavy atom. The van der Waals surface area contributed by atoms with E-state index in [9.17, 15) is 8.78 Å². The average Bonchev–Trinajstić information content (AvgIpc) is 2.08. The van der Waals surface area contributed by atoms with Crippen LogP contribution in [0.25, 0.3) is 0 Å². The van der Waals surface area contributed by atoms with Gasteiger partial charge in [0.1, 0.15) is 0 Å². The van der Waals surface area contributed by atoms with Crippen LogP contribution in [0, 0.1) is 11.6 Å². The second-order valence-electron chi connectivity index (χ2n) is 3.99. The molecule has 82 valence electrons. The lowest BCUT2D eigenvalue weighted by molar-refractivity contribution is 0.380. The first-order chi connectivity index (χ1) is 7.11. The third-order valence-electron chi connectivity index (χ3n) is 2.75. The van der Waals surface area contributed by atoms with E-state index in [2.05, 4.69) is 5.32 Å². The molecule has 0 amide bonds. The van der Waals surface area contributed by atoms with E-state index in [-0.39, 0.29) is 6.04 Å². The van der Waals surface area contributed by atoms with Crippen LogP contribution in [0.5, 0.6) is 0 Å². The number of nitrogens with zero attached hydrogens (tertiary/aromatic N) is 1. The van der Waals surface area contributed by atoms with Crippen LogP contribution in [0.4, 0.5) is 14.5 Å². The first-order valence-electron chi connectivity index (χ1n) is 5.00. The summed E-state index contributed by atoms with van der Waals surface area (Å²) in [5.41, 5.74) is 1.19. The largest absolute Gasteiger partial charge is 0.375 e. The summed E-state index contributed by atoms with van der Waals surface area (Å²) in [7, 11) is 3.44. The van der Waals surface area contributed by atoms with Crippen molar-refractivity contribution in [1.29, 1.82) is 0 Å². The molecule has 1 aromatic carbocycles. The topological polar surface area (TPSA) is 15.3 Å². The molecule has 0 spiro atoms. The SMILES string of the molecule is CN(C)c1c(C2CCN2)ccc(F)c1F. The number of hydrogen-bond donors (Lipinski definition) is 1.